The van der Waals surface area contributed by atoms with E-state index in [1.807, 2.05) is 6.07 Å². The van der Waals surface area contributed by atoms with Crippen LogP contribution in [-0.4, -0.2) is 8.42 Å². The van der Waals surface area contributed by atoms with Crippen molar-refractivity contribution in [2.75, 3.05) is 4.72 Å². The number of benzene rings is 2. The number of aryl methyl sites for hydroxylation is 1. The van der Waals surface area contributed by atoms with Crippen LogP contribution in [0.1, 0.15) is 16.7 Å². The highest BCUT2D eigenvalue weighted by atomic mass is 32.2. The third kappa shape index (κ3) is 4.27. The summed E-state index contributed by atoms with van der Waals surface area (Å²) in [5, 5.41) is 0. The van der Waals surface area contributed by atoms with E-state index in [9.17, 15) is 12.8 Å². The zero-order chi connectivity index (χ0) is 15.5. The minimum Gasteiger partial charge on any atom is -0.326 e. The van der Waals surface area contributed by atoms with Gasteiger partial charge in [-0.15, -0.1) is 0 Å². The normalized spacial score (nSPS) is 11.4. The first-order valence-electron chi connectivity index (χ1n) is 6.44. The fourth-order valence-corrected chi connectivity index (χ4v) is 3.11. The second-order valence-corrected chi connectivity index (χ2v) is 6.57. The van der Waals surface area contributed by atoms with Crippen LogP contribution in [0.25, 0.3) is 0 Å². The molecule has 0 saturated heterocycles. The predicted octanol–water partition coefficient (Wildman–Crippen LogP) is 2.53. The molecule has 6 heteroatoms. The van der Waals surface area contributed by atoms with E-state index in [-0.39, 0.29) is 11.4 Å². The molecule has 0 aromatic heterocycles. The van der Waals surface area contributed by atoms with Gasteiger partial charge in [-0.1, -0.05) is 30.3 Å². The van der Waals surface area contributed by atoms with Gasteiger partial charge in [0.25, 0.3) is 0 Å². The molecule has 0 bridgehead atoms. The summed E-state index contributed by atoms with van der Waals surface area (Å²) in [6.07, 6.45) is 0. The maximum atomic E-state index is 13.4. The molecule has 0 fully saturated rings. The molecule has 0 radical (unpaired) electrons. The number of hydrogen-bond donors (Lipinski definition) is 2. The number of sulfonamides is 1. The maximum absolute atomic E-state index is 13.4. The van der Waals surface area contributed by atoms with Gasteiger partial charge in [-0.3, -0.25) is 4.72 Å². The summed E-state index contributed by atoms with van der Waals surface area (Å²) >= 11 is 0. The molecule has 0 unspecified atom stereocenters. The van der Waals surface area contributed by atoms with Crippen molar-refractivity contribution in [1.29, 1.82) is 0 Å². The lowest BCUT2D eigenvalue weighted by Gasteiger charge is -2.09. The number of anilines is 1. The van der Waals surface area contributed by atoms with Crippen molar-refractivity contribution in [2.24, 2.45) is 5.73 Å². The molecule has 2 aromatic rings. The van der Waals surface area contributed by atoms with Crippen molar-refractivity contribution in [3.63, 3.8) is 0 Å². The Morgan fingerprint density at radius 2 is 1.86 bits per heavy atom. The van der Waals surface area contributed by atoms with Crippen LogP contribution in [0.3, 0.4) is 0 Å². The fraction of sp³-hybridized carbons (Fsp3) is 0.200. The van der Waals surface area contributed by atoms with Gasteiger partial charge in [0, 0.05) is 6.54 Å². The van der Waals surface area contributed by atoms with Gasteiger partial charge >= 0.3 is 0 Å². The molecule has 0 saturated carbocycles. The molecule has 3 N–H and O–H groups in total. The minimum absolute atomic E-state index is 0.184. The predicted molar refractivity (Wildman–Crippen MR) is 81.7 cm³/mol. The Labute approximate surface area is 123 Å². The molecule has 0 aliphatic carbocycles. The molecule has 2 aromatic carbocycles. The standard InChI is InChI=1S/C15H17FN2O2S/c1-11-5-6-14(8-15(11)16)18-21(19,20)10-13-4-2-3-12(7-13)9-17/h2-8,18H,9-10,17H2,1H3. The highest BCUT2D eigenvalue weighted by Crippen LogP contribution is 2.17. The van der Waals surface area contributed by atoms with E-state index in [1.54, 1.807) is 25.1 Å². The third-order valence-corrected chi connectivity index (χ3v) is 4.29. The molecule has 0 amide bonds. The van der Waals surface area contributed by atoms with Crippen LogP contribution in [0.15, 0.2) is 42.5 Å². The van der Waals surface area contributed by atoms with Gasteiger partial charge in [0.15, 0.2) is 0 Å². The summed E-state index contributed by atoms with van der Waals surface area (Å²) in [4.78, 5) is 0. The van der Waals surface area contributed by atoms with Crippen LogP contribution in [0.2, 0.25) is 0 Å². The lowest BCUT2D eigenvalue weighted by Crippen LogP contribution is -2.15. The van der Waals surface area contributed by atoms with Gasteiger partial charge in [-0.25, -0.2) is 12.8 Å². The molecule has 0 spiro atoms. The minimum atomic E-state index is -3.60. The Balaban J connectivity index is 2.16. The molecule has 2 rings (SSSR count). The van der Waals surface area contributed by atoms with Crippen molar-refractivity contribution in [2.45, 2.75) is 19.2 Å². The quantitative estimate of drug-likeness (QED) is 0.891. The monoisotopic (exact) mass is 308 g/mol. The molecule has 112 valence electrons. The van der Waals surface area contributed by atoms with E-state index in [2.05, 4.69) is 4.72 Å². The number of hydrogen-bond acceptors (Lipinski definition) is 3. The molecule has 4 nitrogen and oxygen atoms in total. The topological polar surface area (TPSA) is 72.2 Å². The van der Waals surface area contributed by atoms with Gasteiger partial charge in [0.1, 0.15) is 5.82 Å². The largest absolute Gasteiger partial charge is 0.326 e. The van der Waals surface area contributed by atoms with E-state index >= 15 is 0 Å². The van der Waals surface area contributed by atoms with Crippen LogP contribution in [0.5, 0.6) is 0 Å². The Kier molecular flexibility index (Phi) is 4.59. The second kappa shape index (κ2) is 6.24. The zero-order valence-corrected chi connectivity index (χ0v) is 12.5. The summed E-state index contributed by atoms with van der Waals surface area (Å²) in [7, 11) is -3.60. The van der Waals surface area contributed by atoms with Crippen LogP contribution < -0.4 is 10.5 Å². The molecular weight excluding hydrogens is 291 g/mol. The SMILES string of the molecule is Cc1ccc(NS(=O)(=O)Cc2cccc(CN)c2)cc1F. The fourth-order valence-electron chi connectivity index (χ4n) is 1.94. The van der Waals surface area contributed by atoms with E-state index in [4.69, 9.17) is 5.73 Å². The zero-order valence-electron chi connectivity index (χ0n) is 11.6. The van der Waals surface area contributed by atoms with Crippen molar-refractivity contribution in [1.82, 2.24) is 0 Å². The summed E-state index contributed by atoms with van der Waals surface area (Å²) in [5.41, 5.74) is 7.71. The second-order valence-electron chi connectivity index (χ2n) is 4.85. The highest BCUT2D eigenvalue weighted by Gasteiger charge is 2.13. The van der Waals surface area contributed by atoms with Crippen LogP contribution in [0.4, 0.5) is 10.1 Å². The van der Waals surface area contributed by atoms with E-state index in [1.165, 1.54) is 18.2 Å². The van der Waals surface area contributed by atoms with Crippen LogP contribution in [-0.2, 0) is 22.3 Å². The highest BCUT2D eigenvalue weighted by molar-refractivity contribution is 7.91. The van der Waals surface area contributed by atoms with Gasteiger partial charge in [0.05, 0.1) is 11.4 Å². The number of nitrogens with one attached hydrogen (secondary N) is 1. The first-order valence-corrected chi connectivity index (χ1v) is 8.09. The Bertz CT molecular complexity index is 745. The van der Waals surface area contributed by atoms with Gasteiger partial charge in [0.2, 0.25) is 10.0 Å². The van der Waals surface area contributed by atoms with Gasteiger partial charge < -0.3 is 5.73 Å². The van der Waals surface area contributed by atoms with Crippen LogP contribution >= 0.6 is 0 Å². The number of rotatable bonds is 5. The van der Waals surface area contributed by atoms with Crippen LogP contribution in [0, 0.1) is 12.7 Å². The summed E-state index contributed by atoms with van der Waals surface area (Å²) in [6.45, 7) is 1.97. The third-order valence-electron chi connectivity index (χ3n) is 3.03. The van der Waals surface area contributed by atoms with E-state index < -0.39 is 15.8 Å². The van der Waals surface area contributed by atoms with E-state index in [0.717, 1.165) is 5.56 Å². The summed E-state index contributed by atoms with van der Waals surface area (Å²) in [6, 6.07) is 11.3. The summed E-state index contributed by atoms with van der Waals surface area (Å²) in [5.74, 6) is -0.628. The Hall–Kier alpha value is -1.92. The first-order chi connectivity index (χ1) is 9.89. The maximum Gasteiger partial charge on any atom is 0.236 e. The Morgan fingerprint density at radius 1 is 1.14 bits per heavy atom. The van der Waals surface area contributed by atoms with Crippen molar-refractivity contribution < 1.29 is 12.8 Å². The smallest absolute Gasteiger partial charge is 0.236 e. The molecule has 0 aliphatic rings. The summed E-state index contributed by atoms with van der Waals surface area (Å²) < 4.78 is 40.0. The van der Waals surface area contributed by atoms with E-state index in [0.29, 0.717) is 17.7 Å². The average molecular weight is 308 g/mol. The average Bonchev–Trinajstić information content (AvgIpc) is 2.42. The molecular formula is C15H17FN2O2S. The van der Waals surface area contributed by atoms with Crippen molar-refractivity contribution >= 4 is 15.7 Å². The number of nitrogens with two attached hydrogens (primary N) is 1. The molecule has 21 heavy (non-hydrogen) atoms. The van der Waals surface area contributed by atoms with Gasteiger partial charge in [-0.05, 0) is 35.7 Å². The first kappa shape index (κ1) is 15.5. The lowest BCUT2D eigenvalue weighted by atomic mass is 10.1. The van der Waals surface area contributed by atoms with Gasteiger partial charge in [-0.2, -0.15) is 0 Å². The Morgan fingerprint density at radius 3 is 2.52 bits per heavy atom. The molecule has 0 aliphatic heterocycles. The lowest BCUT2D eigenvalue weighted by molar-refractivity contribution is 0.600. The molecule has 0 heterocycles. The molecule has 0 atom stereocenters. The van der Waals surface area contributed by atoms with Crippen molar-refractivity contribution in [3.8, 4) is 0 Å². The number of halogens is 1. The van der Waals surface area contributed by atoms with Crippen molar-refractivity contribution in [3.05, 3.63) is 65.0 Å².